The lowest BCUT2D eigenvalue weighted by Crippen LogP contribution is -2.25. The van der Waals surface area contributed by atoms with E-state index in [1.807, 2.05) is 61.6 Å². The Labute approximate surface area is 149 Å². The Balaban J connectivity index is 1.63. The summed E-state index contributed by atoms with van der Waals surface area (Å²) in [7, 11) is 1.98. The van der Waals surface area contributed by atoms with Crippen LogP contribution in [-0.2, 0) is 13.0 Å². The molecule has 0 amide bonds. The monoisotopic (exact) mass is 329 g/mol. The van der Waals surface area contributed by atoms with Gasteiger partial charge < -0.3 is 0 Å². The van der Waals surface area contributed by atoms with Crippen molar-refractivity contribution in [3.63, 3.8) is 0 Å². The maximum atomic E-state index is 12.6. The molecule has 0 bridgehead atoms. The smallest absolute Gasteiger partial charge is 0.176 e. The number of carbonyl (C=O) groups is 1. The number of likely N-dealkylation sites (N-methyl/N-ethyl adjacent to an activating group) is 1. The Morgan fingerprint density at radius 2 is 1.36 bits per heavy atom. The summed E-state index contributed by atoms with van der Waals surface area (Å²) < 4.78 is 0. The number of hydrogen-bond acceptors (Lipinski definition) is 2. The first-order valence-corrected chi connectivity index (χ1v) is 8.59. The summed E-state index contributed by atoms with van der Waals surface area (Å²) in [6.45, 7) is 1.19. The number of Topliss-reactive ketones (excluding diaryl/α,β-unsaturated/α-hetero) is 1. The predicted molar refractivity (Wildman–Crippen MR) is 103 cm³/mol. The highest BCUT2D eigenvalue weighted by Crippen LogP contribution is 2.13. The molecule has 0 fully saturated rings. The molecule has 0 N–H and O–H groups in total. The first-order valence-electron chi connectivity index (χ1n) is 8.59. The van der Waals surface area contributed by atoms with E-state index < -0.39 is 0 Å². The van der Waals surface area contributed by atoms with E-state index in [1.165, 1.54) is 16.7 Å². The number of carbonyl (C=O) groups excluding carboxylic acids is 1. The van der Waals surface area contributed by atoms with E-state index >= 15 is 0 Å². The fourth-order valence-corrected chi connectivity index (χ4v) is 2.97. The Bertz CT molecular complexity index is 812. The predicted octanol–water partition coefficient (Wildman–Crippen LogP) is 4.59. The van der Waals surface area contributed by atoms with Gasteiger partial charge in [-0.15, -0.1) is 0 Å². The zero-order valence-electron chi connectivity index (χ0n) is 14.6. The molecule has 0 aliphatic carbocycles. The van der Waals surface area contributed by atoms with E-state index in [0.717, 1.165) is 18.5 Å². The molecule has 0 aliphatic heterocycles. The first-order chi connectivity index (χ1) is 12.2. The molecule has 126 valence electrons. The number of ketones is 1. The average Bonchev–Trinajstić information content (AvgIpc) is 2.63. The van der Waals surface area contributed by atoms with Crippen LogP contribution in [-0.4, -0.2) is 24.3 Å². The molecule has 0 unspecified atom stereocenters. The second-order valence-corrected chi connectivity index (χ2v) is 6.44. The van der Waals surface area contributed by atoms with Crippen LogP contribution < -0.4 is 0 Å². The van der Waals surface area contributed by atoms with Crippen LogP contribution in [0.3, 0.4) is 0 Å². The molecule has 0 atom stereocenters. The molecule has 3 aromatic carbocycles. The first kappa shape index (κ1) is 17.1. The second-order valence-electron chi connectivity index (χ2n) is 6.44. The summed E-state index contributed by atoms with van der Waals surface area (Å²) in [4.78, 5) is 14.7. The summed E-state index contributed by atoms with van der Waals surface area (Å²) in [6.07, 6.45) is 0.849. The third kappa shape index (κ3) is 5.13. The normalized spacial score (nSPS) is 10.8. The maximum absolute atomic E-state index is 12.6. The molecule has 0 saturated heterocycles. The molecule has 0 heterocycles. The quantitative estimate of drug-likeness (QED) is 0.591. The molecule has 0 aliphatic rings. The second kappa shape index (κ2) is 8.41. The van der Waals surface area contributed by atoms with Gasteiger partial charge in [0.25, 0.3) is 0 Å². The van der Waals surface area contributed by atoms with Crippen molar-refractivity contribution in [3.8, 4) is 0 Å². The highest BCUT2D eigenvalue weighted by molar-refractivity contribution is 5.97. The molecule has 0 radical (unpaired) electrons. The van der Waals surface area contributed by atoms with E-state index in [2.05, 4.69) is 35.2 Å². The third-order valence-corrected chi connectivity index (χ3v) is 4.21. The van der Waals surface area contributed by atoms with Crippen molar-refractivity contribution in [1.82, 2.24) is 4.90 Å². The van der Waals surface area contributed by atoms with Gasteiger partial charge in [0.15, 0.2) is 5.78 Å². The lowest BCUT2D eigenvalue weighted by Gasteiger charge is -2.16. The van der Waals surface area contributed by atoms with Gasteiger partial charge in [-0.2, -0.15) is 0 Å². The van der Waals surface area contributed by atoms with Crippen molar-refractivity contribution in [2.45, 2.75) is 13.0 Å². The maximum Gasteiger partial charge on any atom is 0.176 e. The van der Waals surface area contributed by atoms with E-state index in [4.69, 9.17) is 0 Å². The SMILES string of the molecule is CN(CC(=O)c1cccc(Cc2ccccc2)c1)Cc1ccccc1. The Morgan fingerprint density at radius 1 is 0.760 bits per heavy atom. The molecule has 3 rings (SSSR count). The van der Waals surface area contributed by atoms with Crippen molar-refractivity contribution in [2.24, 2.45) is 0 Å². The van der Waals surface area contributed by atoms with E-state index in [9.17, 15) is 4.79 Å². The Morgan fingerprint density at radius 3 is 2.04 bits per heavy atom. The standard InChI is InChI=1S/C23H23NO/c1-24(17-20-11-6-3-7-12-20)18-23(25)22-14-8-13-21(16-22)15-19-9-4-2-5-10-19/h2-14,16H,15,17-18H2,1H3. The van der Waals surface area contributed by atoms with Crippen LogP contribution in [0.5, 0.6) is 0 Å². The summed E-state index contributed by atoms with van der Waals surface area (Å²) in [6, 6.07) is 28.5. The highest BCUT2D eigenvalue weighted by atomic mass is 16.1. The summed E-state index contributed by atoms with van der Waals surface area (Å²) in [5, 5.41) is 0. The lowest BCUT2D eigenvalue weighted by molar-refractivity contribution is 0.0943. The molecule has 2 nitrogen and oxygen atoms in total. The van der Waals surface area contributed by atoms with Crippen molar-refractivity contribution >= 4 is 5.78 Å². The molecular weight excluding hydrogens is 306 g/mol. The van der Waals surface area contributed by atoms with Gasteiger partial charge in [0, 0.05) is 12.1 Å². The van der Waals surface area contributed by atoms with Crippen LogP contribution in [0, 0.1) is 0 Å². The fourth-order valence-electron chi connectivity index (χ4n) is 2.97. The van der Waals surface area contributed by atoms with E-state index in [1.54, 1.807) is 0 Å². The number of nitrogens with zero attached hydrogens (tertiary/aromatic N) is 1. The summed E-state index contributed by atoms with van der Waals surface area (Å²) in [5.74, 6) is 0.161. The van der Waals surface area contributed by atoms with Gasteiger partial charge in [-0.05, 0) is 36.2 Å². The van der Waals surface area contributed by atoms with Crippen molar-refractivity contribution < 1.29 is 4.79 Å². The summed E-state index contributed by atoms with van der Waals surface area (Å²) in [5.41, 5.74) is 4.43. The van der Waals surface area contributed by atoms with Crippen LogP contribution in [0.2, 0.25) is 0 Å². The van der Waals surface area contributed by atoms with Crippen LogP contribution in [0.1, 0.15) is 27.0 Å². The highest BCUT2D eigenvalue weighted by Gasteiger charge is 2.10. The van der Waals surface area contributed by atoms with Crippen molar-refractivity contribution in [1.29, 1.82) is 0 Å². The molecule has 0 aromatic heterocycles. The van der Waals surface area contributed by atoms with Crippen molar-refractivity contribution in [3.05, 3.63) is 107 Å². The van der Waals surface area contributed by atoms with Gasteiger partial charge in [0.1, 0.15) is 0 Å². The summed E-state index contributed by atoms with van der Waals surface area (Å²) >= 11 is 0. The van der Waals surface area contributed by atoms with Gasteiger partial charge in [0.05, 0.1) is 6.54 Å². The molecule has 0 saturated carbocycles. The van der Waals surface area contributed by atoms with Crippen LogP contribution in [0.4, 0.5) is 0 Å². The minimum Gasteiger partial charge on any atom is -0.295 e. The third-order valence-electron chi connectivity index (χ3n) is 4.21. The van der Waals surface area contributed by atoms with Crippen molar-refractivity contribution in [2.75, 3.05) is 13.6 Å². The zero-order chi connectivity index (χ0) is 17.5. The Kier molecular flexibility index (Phi) is 5.76. The molecule has 25 heavy (non-hydrogen) atoms. The minimum atomic E-state index is 0.161. The van der Waals surface area contributed by atoms with E-state index in [-0.39, 0.29) is 5.78 Å². The number of benzene rings is 3. The fraction of sp³-hybridized carbons (Fsp3) is 0.174. The topological polar surface area (TPSA) is 20.3 Å². The van der Waals surface area contributed by atoms with Crippen LogP contribution in [0.15, 0.2) is 84.9 Å². The van der Waals surface area contributed by atoms with Gasteiger partial charge >= 0.3 is 0 Å². The Hall–Kier alpha value is -2.71. The lowest BCUT2D eigenvalue weighted by atomic mass is 10.0. The molecule has 0 spiro atoms. The zero-order valence-corrected chi connectivity index (χ0v) is 14.6. The number of hydrogen-bond donors (Lipinski definition) is 0. The van der Waals surface area contributed by atoms with Gasteiger partial charge in [-0.25, -0.2) is 0 Å². The van der Waals surface area contributed by atoms with E-state index in [0.29, 0.717) is 6.54 Å². The largest absolute Gasteiger partial charge is 0.295 e. The van der Waals surface area contributed by atoms with Gasteiger partial charge in [-0.3, -0.25) is 9.69 Å². The molecule has 2 heteroatoms. The molecule has 3 aromatic rings. The minimum absolute atomic E-state index is 0.161. The van der Waals surface area contributed by atoms with Crippen LogP contribution in [0.25, 0.3) is 0 Å². The number of rotatable bonds is 7. The van der Waals surface area contributed by atoms with Gasteiger partial charge in [-0.1, -0.05) is 78.9 Å². The van der Waals surface area contributed by atoms with Gasteiger partial charge in [0.2, 0.25) is 0 Å². The van der Waals surface area contributed by atoms with Crippen LogP contribution >= 0.6 is 0 Å². The average molecular weight is 329 g/mol. The molecular formula is C23H23NO.